The predicted octanol–water partition coefficient (Wildman–Crippen LogP) is 2.90. The quantitative estimate of drug-likeness (QED) is 0.760. The number of rotatable bonds is 2. The van der Waals surface area contributed by atoms with E-state index < -0.39 is 5.76 Å². The third-order valence-corrected chi connectivity index (χ3v) is 3.56. The highest BCUT2D eigenvalue weighted by Crippen LogP contribution is 2.22. The largest absolute Gasteiger partial charge is 0.417 e. The number of fused-ring (bicyclic) bond motifs is 1. The van der Waals surface area contributed by atoms with E-state index in [0.29, 0.717) is 22.5 Å². The van der Waals surface area contributed by atoms with Gasteiger partial charge in [-0.25, -0.2) is 4.79 Å². The zero-order valence-corrected chi connectivity index (χ0v) is 13.4. The minimum Gasteiger partial charge on any atom is -0.408 e. The molecular weight excluding hydrogens is 296 g/mol. The van der Waals surface area contributed by atoms with Crippen molar-refractivity contribution in [2.75, 3.05) is 5.32 Å². The SMILES string of the molecule is Cn1nc(C(C)(C)C)cc1C(=O)Nc1ccc2oc(=O)[nH]c2c1.[HH].[HH]. The molecule has 124 valence electrons. The number of amides is 1. The van der Waals surface area contributed by atoms with E-state index in [0.717, 1.165) is 5.69 Å². The van der Waals surface area contributed by atoms with E-state index in [-0.39, 0.29) is 14.2 Å². The smallest absolute Gasteiger partial charge is 0.408 e. The van der Waals surface area contributed by atoms with Gasteiger partial charge in [0.25, 0.3) is 5.91 Å². The molecule has 3 aromatic rings. The number of nitrogens with one attached hydrogen (secondary N) is 2. The zero-order chi connectivity index (χ0) is 16.8. The number of hydrogen-bond acceptors (Lipinski definition) is 4. The van der Waals surface area contributed by atoms with E-state index in [4.69, 9.17) is 4.42 Å². The van der Waals surface area contributed by atoms with Crippen LogP contribution in [0.3, 0.4) is 0 Å². The van der Waals surface area contributed by atoms with E-state index in [1.54, 1.807) is 36.0 Å². The Labute approximate surface area is 135 Å². The summed E-state index contributed by atoms with van der Waals surface area (Å²) < 4.78 is 6.50. The molecule has 0 radical (unpaired) electrons. The van der Waals surface area contributed by atoms with Crippen LogP contribution in [-0.2, 0) is 12.5 Å². The van der Waals surface area contributed by atoms with Crippen LogP contribution in [-0.4, -0.2) is 20.7 Å². The summed E-state index contributed by atoms with van der Waals surface area (Å²) in [4.78, 5) is 26.2. The highest BCUT2D eigenvalue weighted by Gasteiger charge is 2.21. The summed E-state index contributed by atoms with van der Waals surface area (Å²) in [5.41, 5.74) is 2.73. The summed E-state index contributed by atoms with van der Waals surface area (Å²) in [6.45, 7) is 6.13. The molecule has 2 aromatic heterocycles. The molecule has 0 unspecified atom stereocenters. The van der Waals surface area contributed by atoms with Crippen LogP contribution in [0.4, 0.5) is 5.69 Å². The van der Waals surface area contributed by atoms with Gasteiger partial charge in [0.1, 0.15) is 5.69 Å². The zero-order valence-electron chi connectivity index (χ0n) is 13.4. The van der Waals surface area contributed by atoms with Crippen LogP contribution < -0.4 is 11.1 Å². The summed E-state index contributed by atoms with van der Waals surface area (Å²) in [5.74, 6) is -0.786. The van der Waals surface area contributed by atoms with Crippen LogP contribution in [0.5, 0.6) is 0 Å². The van der Waals surface area contributed by atoms with Gasteiger partial charge in [0, 0.05) is 21.0 Å². The van der Waals surface area contributed by atoms with E-state index in [1.807, 2.05) is 20.8 Å². The summed E-state index contributed by atoms with van der Waals surface area (Å²) in [6.07, 6.45) is 0. The number of carbonyl (C=O) groups is 1. The van der Waals surface area contributed by atoms with Crippen LogP contribution >= 0.6 is 0 Å². The molecule has 3 rings (SSSR count). The van der Waals surface area contributed by atoms with E-state index in [2.05, 4.69) is 15.4 Å². The van der Waals surface area contributed by atoms with Crippen molar-refractivity contribution in [3.05, 3.63) is 46.2 Å². The average molecular weight is 318 g/mol. The maximum Gasteiger partial charge on any atom is 0.417 e. The molecule has 1 amide bonds. The summed E-state index contributed by atoms with van der Waals surface area (Å²) in [7, 11) is 1.74. The second-order valence-corrected chi connectivity index (χ2v) is 6.47. The van der Waals surface area contributed by atoms with Gasteiger partial charge < -0.3 is 9.73 Å². The topological polar surface area (TPSA) is 92.9 Å². The Morgan fingerprint density at radius 1 is 1.35 bits per heavy atom. The van der Waals surface area contributed by atoms with Gasteiger partial charge in [-0.1, -0.05) is 20.8 Å². The van der Waals surface area contributed by atoms with Gasteiger partial charge in [-0.05, 0) is 24.3 Å². The standard InChI is InChI=1S/C16H18N4O3.2H2/c1-16(2,3)13-8-11(20(4)19-13)14(21)17-9-5-6-12-10(7-9)18-15(22)23-12;;/h5-8H,1-4H3,(H,17,21)(H,18,22);2*1H. The average Bonchev–Trinajstić information content (AvgIpc) is 2.99. The lowest BCUT2D eigenvalue weighted by molar-refractivity contribution is 0.101. The molecule has 0 saturated carbocycles. The van der Waals surface area contributed by atoms with Crippen molar-refractivity contribution in [1.29, 1.82) is 0 Å². The number of anilines is 1. The van der Waals surface area contributed by atoms with Crippen LogP contribution in [0.1, 0.15) is 39.8 Å². The molecule has 0 bridgehead atoms. The first-order valence-electron chi connectivity index (χ1n) is 7.23. The number of carbonyl (C=O) groups excluding carboxylic acids is 1. The van der Waals surface area contributed by atoms with E-state index in [1.165, 1.54) is 0 Å². The molecule has 7 heteroatoms. The molecule has 1 aromatic carbocycles. The third-order valence-electron chi connectivity index (χ3n) is 3.56. The Bertz CT molecular complexity index is 950. The molecule has 7 nitrogen and oxygen atoms in total. The molecule has 2 N–H and O–H groups in total. The lowest BCUT2D eigenvalue weighted by Crippen LogP contribution is -2.16. The van der Waals surface area contributed by atoms with Crippen molar-refractivity contribution in [2.24, 2.45) is 7.05 Å². The van der Waals surface area contributed by atoms with Crippen molar-refractivity contribution in [3.63, 3.8) is 0 Å². The first-order chi connectivity index (χ1) is 10.7. The molecule has 0 atom stereocenters. The number of aryl methyl sites for hydroxylation is 1. The minimum absolute atomic E-state index is 0. The van der Waals surface area contributed by atoms with Crippen LogP contribution in [0.25, 0.3) is 11.1 Å². The van der Waals surface area contributed by atoms with Crippen LogP contribution in [0.15, 0.2) is 33.5 Å². The number of aromatic nitrogens is 3. The first-order valence-corrected chi connectivity index (χ1v) is 7.23. The Balaban J connectivity index is 0.00000156. The molecule has 0 fully saturated rings. The lowest BCUT2D eigenvalue weighted by Gasteiger charge is -2.13. The molecule has 0 aliphatic rings. The molecule has 0 saturated heterocycles. The van der Waals surface area contributed by atoms with Crippen molar-refractivity contribution in [3.8, 4) is 0 Å². The Morgan fingerprint density at radius 3 is 2.74 bits per heavy atom. The monoisotopic (exact) mass is 318 g/mol. The van der Waals surface area contributed by atoms with Crippen molar-refractivity contribution < 1.29 is 12.1 Å². The normalized spacial score (nSPS) is 11.8. The number of hydrogen-bond donors (Lipinski definition) is 2. The highest BCUT2D eigenvalue weighted by molar-refractivity contribution is 6.03. The number of benzene rings is 1. The summed E-state index contributed by atoms with van der Waals surface area (Å²) in [6, 6.07) is 6.75. The fourth-order valence-electron chi connectivity index (χ4n) is 2.27. The maximum atomic E-state index is 12.4. The first kappa shape index (κ1) is 15.1. The summed E-state index contributed by atoms with van der Waals surface area (Å²) in [5, 5.41) is 7.19. The molecule has 2 heterocycles. The fraction of sp³-hybridized carbons (Fsp3) is 0.312. The third kappa shape index (κ3) is 2.90. The summed E-state index contributed by atoms with van der Waals surface area (Å²) >= 11 is 0. The second-order valence-electron chi connectivity index (χ2n) is 6.47. The van der Waals surface area contributed by atoms with E-state index >= 15 is 0 Å². The van der Waals surface area contributed by atoms with Crippen LogP contribution in [0.2, 0.25) is 0 Å². The van der Waals surface area contributed by atoms with Gasteiger partial charge in [0.15, 0.2) is 5.58 Å². The fourth-order valence-corrected chi connectivity index (χ4v) is 2.27. The van der Waals surface area contributed by atoms with Crippen molar-refractivity contribution >= 4 is 22.7 Å². The molecule has 0 aliphatic heterocycles. The Hall–Kier alpha value is -2.83. The van der Waals surface area contributed by atoms with Gasteiger partial charge in [-0.15, -0.1) is 0 Å². The predicted molar refractivity (Wildman–Crippen MR) is 90.9 cm³/mol. The maximum absolute atomic E-state index is 12.4. The molecule has 0 spiro atoms. The van der Waals surface area contributed by atoms with Crippen LogP contribution in [0, 0.1) is 0 Å². The highest BCUT2D eigenvalue weighted by atomic mass is 16.4. The van der Waals surface area contributed by atoms with Gasteiger partial charge >= 0.3 is 5.76 Å². The van der Waals surface area contributed by atoms with Gasteiger partial charge in [-0.2, -0.15) is 5.10 Å². The number of oxazole rings is 1. The van der Waals surface area contributed by atoms with E-state index in [9.17, 15) is 9.59 Å². The molecule has 0 aliphatic carbocycles. The second kappa shape index (κ2) is 5.12. The minimum atomic E-state index is -0.523. The number of aromatic amines is 1. The van der Waals surface area contributed by atoms with Gasteiger partial charge in [0.05, 0.1) is 11.2 Å². The number of H-pyrrole nitrogens is 1. The Kier molecular flexibility index (Phi) is 3.35. The Morgan fingerprint density at radius 2 is 2.09 bits per heavy atom. The number of nitrogens with zero attached hydrogens (tertiary/aromatic N) is 2. The van der Waals surface area contributed by atoms with Gasteiger partial charge in [-0.3, -0.25) is 14.5 Å². The molecule has 23 heavy (non-hydrogen) atoms. The van der Waals surface area contributed by atoms with Gasteiger partial charge in [0.2, 0.25) is 0 Å². The molecular formula is C16H22N4O3. The van der Waals surface area contributed by atoms with Crippen molar-refractivity contribution in [1.82, 2.24) is 14.8 Å². The van der Waals surface area contributed by atoms with Crippen molar-refractivity contribution in [2.45, 2.75) is 26.2 Å². The lowest BCUT2D eigenvalue weighted by atomic mass is 9.92.